The number of anilines is 1. The van der Waals surface area contributed by atoms with Gasteiger partial charge in [-0.25, -0.2) is 5.10 Å². The number of benzene rings is 2. The van der Waals surface area contributed by atoms with E-state index in [1.54, 1.807) is 42.5 Å². The van der Waals surface area contributed by atoms with E-state index in [0.29, 0.717) is 21.5 Å². The van der Waals surface area contributed by atoms with Crippen molar-refractivity contribution in [3.63, 3.8) is 0 Å². The van der Waals surface area contributed by atoms with E-state index in [0.717, 1.165) is 5.56 Å². The zero-order valence-electron chi connectivity index (χ0n) is 11.7. The maximum atomic E-state index is 12.4. The average molecular weight is 314 g/mol. The van der Waals surface area contributed by atoms with Crippen molar-refractivity contribution >= 4 is 34.0 Å². The minimum absolute atomic E-state index is 0.171. The van der Waals surface area contributed by atoms with Crippen LogP contribution in [0.1, 0.15) is 16.1 Å². The molecule has 0 saturated carbocycles. The number of nitrogens with zero attached hydrogens (tertiary/aromatic N) is 1. The van der Waals surface area contributed by atoms with Crippen LogP contribution in [0.3, 0.4) is 0 Å². The van der Waals surface area contributed by atoms with Crippen LogP contribution in [0.2, 0.25) is 5.02 Å². The Morgan fingerprint density at radius 3 is 2.64 bits per heavy atom. The number of carbonyl (C=O) groups excluding carboxylic acids is 1. The second kappa shape index (κ2) is 5.61. The van der Waals surface area contributed by atoms with Gasteiger partial charge in [0.25, 0.3) is 11.5 Å². The highest BCUT2D eigenvalue weighted by Gasteiger charge is 2.14. The van der Waals surface area contributed by atoms with Gasteiger partial charge in [0.1, 0.15) is 0 Å². The number of hydrogen-bond acceptors (Lipinski definition) is 3. The van der Waals surface area contributed by atoms with Gasteiger partial charge in [0.2, 0.25) is 0 Å². The molecule has 0 atom stereocenters. The van der Waals surface area contributed by atoms with E-state index >= 15 is 0 Å². The molecule has 0 bridgehead atoms. The first-order valence-corrected chi connectivity index (χ1v) is 6.99. The standard InChI is InChI=1S/C16H12ClN3O2/c1-9-8-10(17)6-7-13(9)18-16(22)14-11-4-2-3-5-12(11)15(21)20-19-14/h2-8H,1H3,(H,18,22)(H,20,21). The zero-order chi connectivity index (χ0) is 15.7. The van der Waals surface area contributed by atoms with Crippen LogP contribution in [0.25, 0.3) is 10.8 Å². The van der Waals surface area contributed by atoms with Crippen LogP contribution in [-0.4, -0.2) is 16.1 Å². The molecule has 0 radical (unpaired) electrons. The molecule has 0 fully saturated rings. The Morgan fingerprint density at radius 2 is 1.91 bits per heavy atom. The zero-order valence-corrected chi connectivity index (χ0v) is 12.4. The predicted molar refractivity (Wildman–Crippen MR) is 86.5 cm³/mol. The molecule has 2 aromatic carbocycles. The summed E-state index contributed by atoms with van der Waals surface area (Å²) in [6.45, 7) is 1.85. The normalized spacial score (nSPS) is 10.6. The third-order valence-corrected chi connectivity index (χ3v) is 3.58. The fourth-order valence-electron chi connectivity index (χ4n) is 2.24. The molecule has 22 heavy (non-hydrogen) atoms. The molecule has 0 spiro atoms. The molecule has 1 aromatic heterocycles. The summed E-state index contributed by atoms with van der Waals surface area (Å²) in [6, 6.07) is 12.0. The van der Waals surface area contributed by atoms with Gasteiger partial charge in [0, 0.05) is 16.1 Å². The minimum atomic E-state index is -0.391. The molecule has 3 aromatic rings. The first-order valence-electron chi connectivity index (χ1n) is 6.61. The van der Waals surface area contributed by atoms with Crippen molar-refractivity contribution in [1.29, 1.82) is 0 Å². The first-order chi connectivity index (χ1) is 10.6. The third-order valence-electron chi connectivity index (χ3n) is 3.35. The number of nitrogens with one attached hydrogen (secondary N) is 2. The number of aromatic nitrogens is 2. The van der Waals surface area contributed by atoms with Gasteiger partial charge in [-0.2, -0.15) is 5.10 Å². The maximum absolute atomic E-state index is 12.4. The lowest BCUT2D eigenvalue weighted by Gasteiger charge is -2.09. The van der Waals surface area contributed by atoms with Crippen LogP contribution >= 0.6 is 11.6 Å². The van der Waals surface area contributed by atoms with E-state index in [-0.39, 0.29) is 11.3 Å². The first kappa shape index (κ1) is 14.3. The van der Waals surface area contributed by atoms with Crippen molar-refractivity contribution in [1.82, 2.24) is 10.2 Å². The van der Waals surface area contributed by atoms with Crippen molar-refractivity contribution in [2.75, 3.05) is 5.32 Å². The average Bonchev–Trinajstić information content (AvgIpc) is 2.50. The van der Waals surface area contributed by atoms with E-state index in [1.165, 1.54) is 0 Å². The number of halogens is 1. The number of fused-ring (bicyclic) bond motifs is 1. The Bertz CT molecular complexity index is 934. The van der Waals surface area contributed by atoms with Crippen molar-refractivity contribution in [2.45, 2.75) is 6.92 Å². The van der Waals surface area contributed by atoms with Crippen molar-refractivity contribution in [2.24, 2.45) is 0 Å². The topological polar surface area (TPSA) is 74.8 Å². The number of carbonyl (C=O) groups is 1. The van der Waals surface area contributed by atoms with Crippen molar-refractivity contribution in [3.05, 3.63) is 69.1 Å². The summed E-state index contributed by atoms with van der Waals surface area (Å²) in [5, 5.41) is 10.5. The molecule has 1 heterocycles. The molecule has 0 aliphatic heterocycles. The summed E-state index contributed by atoms with van der Waals surface area (Å²) in [7, 11) is 0. The van der Waals surface area contributed by atoms with Gasteiger partial charge < -0.3 is 5.32 Å². The number of H-pyrrole nitrogens is 1. The molecule has 5 nitrogen and oxygen atoms in total. The number of rotatable bonds is 2. The Kier molecular flexibility index (Phi) is 3.65. The number of aryl methyl sites for hydroxylation is 1. The van der Waals surface area contributed by atoms with Crippen molar-refractivity contribution < 1.29 is 4.79 Å². The van der Waals surface area contributed by atoms with Gasteiger partial charge in [-0.1, -0.05) is 29.8 Å². The highest BCUT2D eigenvalue weighted by atomic mass is 35.5. The molecule has 0 aliphatic rings. The Balaban J connectivity index is 2.03. The maximum Gasteiger partial charge on any atom is 0.276 e. The molecule has 0 saturated heterocycles. The molecule has 6 heteroatoms. The summed E-state index contributed by atoms with van der Waals surface area (Å²) < 4.78 is 0. The SMILES string of the molecule is Cc1cc(Cl)ccc1NC(=O)c1n[nH]c(=O)c2ccccc12. The van der Waals surface area contributed by atoms with E-state index < -0.39 is 5.91 Å². The molecule has 1 amide bonds. The lowest BCUT2D eigenvalue weighted by atomic mass is 10.1. The van der Waals surface area contributed by atoms with E-state index in [4.69, 9.17) is 11.6 Å². The summed E-state index contributed by atoms with van der Waals surface area (Å²) in [4.78, 5) is 24.2. The smallest absolute Gasteiger partial charge is 0.276 e. The highest BCUT2D eigenvalue weighted by molar-refractivity contribution is 6.30. The molecular formula is C16H12ClN3O2. The second-order valence-electron chi connectivity index (χ2n) is 4.86. The van der Waals surface area contributed by atoms with Crippen LogP contribution < -0.4 is 10.9 Å². The lowest BCUT2D eigenvalue weighted by molar-refractivity contribution is 0.102. The van der Waals surface area contributed by atoms with Crippen LogP contribution in [0.5, 0.6) is 0 Å². The fraction of sp³-hybridized carbons (Fsp3) is 0.0625. The molecule has 0 aliphatic carbocycles. The van der Waals surface area contributed by atoms with Gasteiger partial charge in [0.15, 0.2) is 5.69 Å². The molecular weight excluding hydrogens is 302 g/mol. The van der Waals surface area contributed by atoms with Crippen molar-refractivity contribution in [3.8, 4) is 0 Å². The van der Waals surface area contributed by atoms with Crippen LogP contribution in [-0.2, 0) is 0 Å². The predicted octanol–water partition coefficient (Wildman–Crippen LogP) is 3.14. The monoisotopic (exact) mass is 313 g/mol. The lowest BCUT2D eigenvalue weighted by Crippen LogP contribution is -2.19. The van der Waals surface area contributed by atoms with E-state index in [9.17, 15) is 9.59 Å². The Hall–Kier alpha value is -2.66. The largest absolute Gasteiger partial charge is 0.320 e. The molecule has 110 valence electrons. The van der Waals surface area contributed by atoms with E-state index in [1.807, 2.05) is 6.92 Å². The minimum Gasteiger partial charge on any atom is -0.320 e. The quantitative estimate of drug-likeness (QED) is 0.763. The summed E-state index contributed by atoms with van der Waals surface area (Å²) >= 11 is 5.90. The molecule has 0 unspecified atom stereocenters. The second-order valence-corrected chi connectivity index (χ2v) is 5.30. The third kappa shape index (κ3) is 2.58. The van der Waals surface area contributed by atoms with Crippen LogP contribution in [0.15, 0.2) is 47.3 Å². The van der Waals surface area contributed by atoms with Gasteiger partial charge in [0.05, 0.1) is 5.39 Å². The number of hydrogen-bond donors (Lipinski definition) is 2. The number of amides is 1. The van der Waals surface area contributed by atoms with Crippen LogP contribution in [0, 0.1) is 6.92 Å². The summed E-state index contributed by atoms with van der Waals surface area (Å²) in [5.41, 5.74) is 1.33. The van der Waals surface area contributed by atoms with Gasteiger partial charge in [-0.05, 0) is 36.8 Å². The summed E-state index contributed by atoms with van der Waals surface area (Å²) in [5.74, 6) is -0.391. The summed E-state index contributed by atoms with van der Waals surface area (Å²) in [6.07, 6.45) is 0. The van der Waals surface area contributed by atoms with E-state index in [2.05, 4.69) is 15.5 Å². The Morgan fingerprint density at radius 1 is 1.18 bits per heavy atom. The Labute approximate surface area is 130 Å². The molecule has 2 N–H and O–H groups in total. The highest BCUT2D eigenvalue weighted by Crippen LogP contribution is 2.21. The van der Waals surface area contributed by atoms with Crippen LogP contribution in [0.4, 0.5) is 5.69 Å². The van der Waals surface area contributed by atoms with Gasteiger partial charge in [-0.3, -0.25) is 9.59 Å². The van der Waals surface area contributed by atoms with Gasteiger partial charge in [-0.15, -0.1) is 0 Å². The molecule has 3 rings (SSSR count). The number of aromatic amines is 1. The fourth-order valence-corrected chi connectivity index (χ4v) is 2.46. The van der Waals surface area contributed by atoms with Gasteiger partial charge >= 0.3 is 0 Å².